The van der Waals surface area contributed by atoms with Gasteiger partial charge in [-0.1, -0.05) is 58.4 Å². The van der Waals surface area contributed by atoms with Crippen LogP contribution in [0.4, 0.5) is 0 Å². The van der Waals surface area contributed by atoms with Crippen molar-refractivity contribution < 1.29 is 0 Å². The van der Waals surface area contributed by atoms with Crippen molar-refractivity contribution in [1.82, 2.24) is 20.2 Å². The molecule has 0 fully saturated rings. The summed E-state index contributed by atoms with van der Waals surface area (Å²) in [5, 5.41) is 12.6. The van der Waals surface area contributed by atoms with Crippen LogP contribution in [0.1, 0.15) is 5.56 Å². The minimum Gasteiger partial charge on any atom is -0.159 e. The Morgan fingerprint density at radius 1 is 0.947 bits per heavy atom. The van der Waals surface area contributed by atoms with E-state index in [1.165, 1.54) is 0 Å². The van der Waals surface area contributed by atoms with Crippen molar-refractivity contribution in [2.45, 2.75) is 6.54 Å². The Kier molecular flexibility index (Phi) is 3.37. The zero-order valence-corrected chi connectivity index (χ0v) is 11.7. The van der Waals surface area contributed by atoms with Crippen molar-refractivity contribution in [1.29, 1.82) is 0 Å². The Morgan fingerprint density at radius 3 is 2.47 bits per heavy atom. The maximum atomic E-state index is 4.40. The van der Waals surface area contributed by atoms with Gasteiger partial charge in [-0.15, -0.1) is 10.2 Å². The first-order chi connectivity index (χ1) is 9.33. The fourth-order valence-corrected chi connectivity index (χ4v) is 2.27. The highest BCUT2D eigenvalue weighted by Gasteiger charge is 2.08. The molecule has 0 aliphatic rings. The number of tetrazole rings is 1. The third kappa shape index (κ3) is 2.71. The molecule has 0 bridgehead atoms. The van der Waals surface area contributed by atoms with Crippen molar-refractivity contribution in [2.75, 3.05) is 0 Å². The van der Waals surface area contributed by atoms with E-state index in [-0.39, 0.29) is 0 Å². The van der Waals surface area contributed by atoms with Gasteiger partial charge in [0.25, 0.3) is 0 Å². The van der Waals surface area contributed by atoms with E-state index in [2.05, 4.69) is 31.3 Å². The highest BCUT2D eigenvalue weighted by Crippen LogP contribution is 2.24. The van der Waals surface area contributed by atoms with E-state index >= 15 is 0 Å². The molecule has 5 heteroatoms. The van der Waals surface area contributed by atoms with Crippen LogP contribution < -0.4 is 0 Å². The summed E-state index contributed by atoms with van der Waals surface area (Å²) in [6.07, 6.45) is 0. The van der Waals surface area contributed by atoms with E-state index in [0.29, 0.717) is 12.4 Å². The third-order valence-electron chi connectivity index (χ3n) is 2.73. The molecule has 1 aromatic heterocycles. The molecule has 0 amide bonds. The van der Waals surface area contributed by atoms with E-state index in [1.807, 2.05) is 54.6 Å². The number of hydrogen-bond donors (Lipinski definition) is 0. The average molecular weight is 315 g/mol. The molecule has 0 N–H and O–H groups in total. The number of nitrogens with zero attached hydrogens (tertiary/aromatic N) is 4. The summed E-state index contributed by atoms with van der Waals surface area (Å²) in [5.41, 5.74) is 2.10. The fraction of sp³-hybridized carbons (Fsp3) is 0.0714. The topological polar surface area (TPSA) is 43.6 Å². The Hall–Kier alpha value is -2.01. The van der Waals surface area contributed by atoms with Gasteiger partial charge >= 0.3 is 0 Å². The van der Waals surface area contributed by atoms with Gasteiger partial charge in [-0.2, -0.15) is 4.80 Å². The maximum Gasteiger partial charge on any atom is 0.206 e. The van der Waals surface area contributed by atoms with E-state index < -0.39 is 0 Å². The molecule has 0 aliphatic carbocycles. The lowest BCUT2D eigenvalue weighted by Gasteiger charge is -1.99. The average Bonchev–Trinajstić information content (AvgIpc) is 2.89. The number of halogens is 1. The number of hydrogen-bond acceptors (Lipinski definition) is 3. The molecule has 19 heavy (non-hydrogen) atoms. The Bertz CT molecular complexity index is 679. The van der Waals surface area contributed by atoms with E-state index in [1.54, 1.807) is 4.80 Å². The summed E-state index contributed by atoms with van der Waals surface area (Å²) in [5.74, 6) is 0.628. The normalized spacial score (nSPS) is 10.6. The fourth-order valence-electron chi connectivity index (χ4n) is 1.81. The molecule has 0 saturated heterocycles. The molecule has 0 spiro atoms. The second-order valence-corrected chi connectivity index (χ2v) is 4.96. The first-order valence-electron chi connectivity index (χ1n) is 5.89. The molecule has 4 nitrogen and oxygen atoms in total. The van der Waals surface area contributed by atoms with Crippen LogP contribution in [0.25, 0.3) is 11.4 Å². The quantitative estimate of drug-likeness (QED) is 0.746. The first-order valence-corrected chi connectivity index (χ1v) is 6.69. The number of benzene rings is 2. The minimum atomic E-state index is 0.623. The van der Waals surface area contributed by atoms with Crippen LogP contribution in [-0.4, -0.2) is 20.2 Å². The van der Waals surface area contributed by atoms with Gasteiger partial charge < -0.3 is 0 Å². The second kappa shape index (κ2) is 5.32. The molecule has 1 heterocycles. The van der Waals surface area contributed by atoms with Gasteiger partial charge in [-0.05, 0) is 22.9 Å². The van der Waals surface area contributed by atoms with Gasteiger partial charge in [0, 0.05) is 10.0 Å². The lowest BCUT2D eigenvalue weighted by molar-refractivity contribution is 0.573. The zero-order chi connectivity index (χ0) is 13.1. The van der Waals surface area contributed by atoms with Crippen molar-refractivity contribution in [2.24, 2.45) is 0 Å². The van der Waals surface area contributed by atoms with Crippen LogP contribution in [0.2, 0.25) is 0 Å². The summed E-state index contributed by atoms with van der Waals surface area (Å²) in [7, 11) is 0. The van der Waals surface area contributed by atoms with Gasteiger partial charge in [0.2, 0.25) is 5.82 Å². The number of rotatable bonds is 3. The maximum absolute atomic E-state index is 4.40. The van der Waals surface area contributed by atoms with Gasteiger partial charge in [-0.3, -0.25) is 0 Å². The van der Waals surface area contributed by atoms with Crippen LogP contribution in [0.5, 0.6) is 0 Å². The lowest BCUT2D eigenvalue weighted by atomic mass is 10.2. The zero-order valence-electron chi connectivity index (χ0n) is 10.1. The molecule has 3 rings (SSSR count). The summed E-state index contributed by atoms with van der Waals surface area (Å²) in [6.45, 7) is 0.623. The van der Waals surface area contributed by atoms with Gasteiger partial charge in [-0.25, -0.2) is 0 Å². The number of aromatic nitrogens is 4. The van der Waals surface area contributed by atoms with Crippen LogP contribution in [0, 0.1) is 0 Å². The third-order valence-corrected chi connectivity index (χ3v) is 3.43. The molecular formula is C14H11BrN4. The summed E-state index contributed by atoms with van der Waals surface area (Å²) in [6, 6.07) is 17.9. The van der Waals surface area contributed by atoms with E-state index in [4.69, 9.17) is 0 Å². The molecule has 0 atom stereocenters. The predicted molar refractivity (Wildman–Crippen MR) is 76.5 cm³/mol. The van der Waals surface area contributed by atoms with Crippen LogP contribution in [0.15, 0.2) is 59.1 Å². The molecule has 0 unspecified atom stereocenters. The molecular weight excluding hydrogens is 304 g/mol. The monoisotopic (exact) mass is 314 g/mol. The largest absolute Gasteiger partial charge is 0.206 e. The Morgan fingerprint density at radius 2 is 1.68 bits per heavy atom. The van der Waals surface area contributed by atoms with E-state index in [0.717, 1.165) is 15.6 Å². The highest BCUT2D eigenvalue weighted by atomic mass is 79.9. The first kappa shape index (κ1) is 12.0. The summed E-state index contributed by atoms with van der Waals surface area (Å²) < 4.78 is 0.967. The van der Waals surface area contributed by atoms with Gasteiger partial charge in [0.05, 0.1) is 6.54 Å². The molecule has 0 aliphatic heterocycles. The molecule has 3 aromatic rings. The van der Waals surface area contributed by atoms with Crippen molar-refractivity contribution >= 4 is 15.9 Å². The predicted octanol–water partition coefficient (Wildman–Crippen LogP) is 3.15. The standard InChI is InChI=1S/C14H11BrN4/c15-13-9-5-4-8-12(13)14-16-18-19(17-14)10-11-6-2-1-3-7-11/h1-9H,10H2. The Labute approximate surface area is 119 Å². The van der Waals surface area contributed by atoms with Crippen LogP contribution in [0.3, 0.4) is 0 Å². The minimum absolute atomic E-state index is 0.623. The van der Waals surface area contributed by atoms with Crippen molar-refractivity contribution in [3.8, 4) is 11.4 Å². The lowest BCUT2D eigenvalue weighted by Crippen LogP contribution is -2.03. The molecule has 94 valence electrons. The Balaban J connectivity index is 1.86. The smallest absolute Gasteiger partial charge is 0.159 e. The van der Waals surface area contributed by atoms with Crippen LogP contribution >= 0.6 is 15.9 Å². The molecule has 0 saturated carbocycles. The SMILES string of the molecule is Brc1ccccc1-c1nnn(Cc2ccccc2)n1. The van der Waals surface area contributed by atoms with Crippen LogP contribution in [-0.2, 0) is 6.54 Å². The second-order valence-electron chi connectivity index (χ2n) is 4.11. The summed E-state index contributed by atoms with van der Waals surface area (Å²) >= 11 is 3.49. The van der Waals surface area contributed by atoms with Gasteiger partial charge in [0.15, 0.2) is 0 Å². The van der Waals surface area contributed by atoms with Crippen molar-refractivity contribution in [3.63, 3.8) is 0 Å². The molecule has 0 radical (unpaired) electrons. The summed E-state index contributed by atoms with van der Waals surface area (Å²) in [4.78, 5) is 1.60. The van der Waals surface area contributed by atoms with Crippen molar-refractivity contribution in [3.05, 3.63) is 64.6 Å². The van der Waals surface area contributed by atoms with E-state index in [9.17, 15) is 0 Å². The molecule has 2 aromatic carbocycles. The highest BCUT2D eigenvalue weighted by molar-refractivity contribution is 9.10. The van der Waals surface area contributed by atoms with Gasteiger partial charge in [0.1, 0.15) is 0 Å².